The van der Waals surface area contributed by atoms with Crippen molar-refractivity contribution in [1.29, 1.82) is 0 Å². The quantitative estimate of drug-likeness (QED) is 0.810. The average molecular weight is 257 g/mol. The molecule has 5 heteroatoms. The maximum Gasteiger partial charge on any atom is 0.228 e. The molecule has 0 atom stereocenters. The van der Waals surface area contributed by atoms with E-state index in [2.05, 4.69) is 27.9 Å². The van der Waals surface area contributed by atoms with Gasteiger partial charge in [0, 0.05) is 17.4 Å². The van der Waals surface area contributed by atoms with Crippen LogP contribution in [0.2, 0.25) is 0 Å². The molecule has 1 N–H and O–H groups in total. The van der Waals surface area contributed by atoms with Crippen LogP contribution < -0.4 is 5.32 Å². The minimum absolute atomic E-state index is 0.0425. The summed E-state index contributed by atoms with van der Waals surface area (Å²) in [5, 5.41) is 2.81. The van der Waals surface area contributed by atoms with Gasteiger partial charge in [0.25, 0.3) is 0 Å². The van der Waals surface area contributed by atoms with Crippen molar-refractivity contribution in [2.45, 2.75) is 12.2 Å². The van der Waals surface area contributed by atoms with Crippen LogP contribution >= 0.6 is 12.6 Å². The summed E-state index contributed by atoms with van der Waals surface area (Å²) in [4.78, 5) is 19.8. The number of rotatable bonds is 2. The van der Waals surface area contributed by atoms with Crippen LogP contribution in [0.15, 0.2) is 30.5 Å². The van der Waals surface area contributed by atoms with Crippen LogP contribution in [-0.4, -0.2) is 15.9 Å². The van der Waals surface area contributed by atoms with E-state index in [1.165, 1.54) is 0 Å². The molecule has 1 aliphatic heterocycles. The van der Waals surface area contributed by atoms with E-state index >= 15 is 0 Å². The SMILES string of the molecule is O=C1Cc2cc(-c3ccnc(CS)n3)ccc2N1. The zero-order chi connectivity index (χ0) is 12.5. The van der Waals surface area contributed by atoms with Gasteiger partial charge in [-0.15, -0.1) is 0 Å². The Balaban J connectivity index is 2.02. The van der Waals surface area contributed by atoms with Gasteiger partial charge in [0.2, 0.25) is 5.91 Å². The number of aromatic nitrogens is 2. The minimum Gasteiger partial charge on any atom is -0.326 e. The molecule has 0 saturated carbocycles. The minimum atomic E-state index is 0.0425. The fourth-order valence-corrected chi connectivity index (χ4v) is 2.18. The smallest absolute Gasteiger partial charge is 0.228 e. The van der Waals surface area contributed by atoms with Gasteiger partial charge < -0.3 is 5.32 Å². The summed E-state index contributed by atoms with van der Waals surface area (Å²) >= 11 is 4.17. The molecule has 0 fully saturated rings. The molecule has 0 radical (unpaired) electrons. The summed E-state index contributed by atoms with van der Waals surface area (Å²) in [6.45, 7) is 0. The Morgan fingerprint density at radius 1 is 1.33 bits per heavy atom. The molecule has 4 nitrogen and oxygen atoms in total. The second-order valence-corrected chi connectivity index (χ2v) is 4.43. The van der Waals surface area contributed by atoms with E-state index in [4.69, 9.17) is 0 Å². The Morgan fingerprint density at radius 3 is 3.06 bits per heavy atom. The molecule has 1 amide bonds. The van der Waals surface area contributed by atoms with Gasteiger partial charge in [-0.05, 0) is 23.8 Å². The number of carbonyl (C=O) groups is 1. The number of nitrogens with zero attached hydrogens (tertiary/aromatic N) is 2. The number of fused-ring (bicyclic) bond motifs is 1. The zero-order valence-electron chi connectivity index (χ0n) is 9.55. The summed E-state index contributed by atoms with van der Waals surface area (Å²) in [7, 11) is 0. The van der Waals surface area contributed by atoms with Gasteiger partial charge in [0.15, 0.2) is 0 Å². The van der Waals surface area contributed by atoms with E-state index in [0.717, 1.165) is 22.5 Å². The first-order valence-electron chi connectivity index (χ1n) is 5.62. The standard InChI is InChI=1S/C13H11N3OS/c17-13-6-9-5-8(1-2-10(9)16-13)11-3-4-14-12(7-18)15-11/h1-5,18H,6-7H2,(H,16,17). The monoisotopic (exact) mass is 257 g/mol. The van der Waals surface area contributed by atoms with Crippen LogP contribution in [-0.2, 0) is 17.0 Å². The normalized spacial score (nSPS) is 13.3. The van der Waals surface area contributed by atoms with Crippen LogP contribution in [0.4, 0.5) is 5.69 Å². The number of thiol groups is 1. The van der Waals surface area contributed by atoms with Crippen molar-refractivity contribution >= 4 is 24.2 Å². The molecule has 0 unspecified atom stereocenters. The van der Waals surface area contributed by atoms with Crippen molar-refractivity contribution in [3.63, 3.8) is 0 Å². The van der Waals surface area contributed by atoms with Crippen LogP contribution in [0.25, 0.3) is 11.3 Å². The summed E-state index contributed by atoms with van der Waals surface area (Å²) < 4.78 is 0. The molecule has 1 aromatic heterocycles. The summed E-state index contributed by atoms with van der Waals surface area (Å²) in [5.74, 6) is 1.25. The third-order valence-corrected chi connectivity index (χ3v) is 3.16. The van der Waals surface area contributed by atoms with E-state index in [1.807, 2.05) is 24.3 Å². The van der Waals surface area contributed by atoms with E-state index in [-0.39, 0.29) is 5.91 Å². The van der Waals surface area contributed by atoms with E-state index in [9.17, 15) is 4.79 Å². The Morgan fingerprint density at radius 2 is 2.22 bits per heavy atom. The molecule has 18 heavy (non-hydrogen) atoms. The molecule has 1 aromatic carbocycles. The molecule has 0 saturated heterocycles. The Labute approximate surface area is 110 Å². The third-order valence-electron chi connectivity index (χ3n) is 2.87. The van der Waals surface area contributed by atoms with Crippen LogP contribution in [0.1, 0.15) is 11.4 Å². The number of nitrogens with one attached hydrogen (secondary N) is 1. The van der Waals surface area contributed by atoms with E-state index in [1.54, 1.807) is 6.20 Å². The fraction of sp³-hybridized carbons (Fsp3) is 0.154. The largest absolute Gasteiger partial charge is 0.326 e. The summed E-state index contributed by atoms with van der Waals surface area (Å²) in [6, 6.07) is 7.73. The van der Waals surface area contributed by atoms with Crippen molar-refractivity contribution in [1.82, 2.24) is 9.97 Å². The lowest BCUT2D eigenvalue weighted by atomic mass is 10.1. The highest BCUT2D eigenvalue weighted by Gasteiger charge is 2.17. The van der Waals surface area contributed by atoms with Gasteiger partial charge in [0.1, 0.15) is 5.82 Å². The molecular formula is C13H11N3OS. The predicted molar refractivity (Wildman–Crippen MR) is 72.5 cm³/mol. The molecule has 0 aliphatic carbocycles. The maximum atomic E-state index is 11.3. The molecular weight excluding hydrogens is 246 g/mol. The van der Waals surface area contributed by atoms with Gasteiger partial charge in [-0.1, -0.05) is 6.07 Å². The Hall–Kier alpha value is -1.88. The molecule has 90 valence electrons. The van der Waals surface area contributed by atoms with Crippen LogP contribution in [0, 0.1) is 0 Å². The number of anilines is 1. The average Bonchev–Trinajstić information content (AvgIpc) is 2.77. The van der Waals surface area contributed by atoms with Crippen molar-refractivity contribution in [3.8, 4) is 11.3 Å². The topological polar surface area (TPSA) is 54.9 Å². The molecule has 3 rings (SSSR count). The van der Waals surface area contributed by atoms with Crippen molar-refractivity contribution in [3.05, 3.63) is 41.9 Å². The molecule has 2 heterocycles. The van der Waals surface area contributed by atoms with Gasteiger partial charge in [-0.3, -0.25) is 4.79 Å². The number of amides is 1. The maximum absolute atomic E-state index is 11.3. The lowest BCUT2D eigenvalue weighted by Crippen LogP contribution is -2.03. The number of carbonyl (C=O) groups excluding carboxylic acids is 1. The molecule has 0 bridgehead atoms. The van der Waals surface area contributed by atoms with Gasteiger partial charge in [0.05, 0.1) is 17.9 Å². The van der Waals surface area contributed by atoms with Crippen LogP contribution in [0.3, 0.4) is 0 Å². The second-order valence-electron chi connectivity index (χ2n) is 4.11. The van der Waals surface area contributed by atoms with Crippen LogP contribution in [0.5, 0.6) is 0 Å². The lowest BCUT2D eigenvalue weighted by molar-refractivity contribution is -0.115. The Bertz CT molecular complexity index is 627. The molecule has 2 aromatic rings. The first kappa shape index (κ1) is 11.2. The summed E-state index contributed by atoms with van der Waals surface area (Å²) in [6.07, 6.45) is 2.16. The van der Waals surface area contributed by atoms with Crippen molar-refractivity contribution in [2.75, 3.05) is 5.32 Å². The van der Waals surface area contributed by atoms with Gasteiger partial charge in [-0.25, -0.2) is 9.97 Å². The Kier molecular flexibility index (Phi) is 2.76. The molecule has 1 aliphatic rings. The van der Waals surface area contributed by atoms with Crippen molar-refractivity contribution in [2.24, 2.45) is 0 Å². The van der Waals surface area contributed by atoms with Gasteiger partial charge in [-0.2, -0.15) is 12.6 Å². The fourth-order valence-electron chi connectivity index (χ4n) is 2.02. The first-order valence-corrected chi connectivity index (χ1v) is 6.25. The zero-order valence-corrected chi connectivity index (χ0v) is 10.4. The molecule has 0 spiro atoms. The van der Waals surface area contributed by atoms with E-state index < -0.39 is 0 Å². The lowest BCUT2D eigenvalue weighted by Gasteiger charge is -2.04. The highest BCUT2D eigenvalue weighted by atomic mass is 32.1. The van der Waals surface area contributed by atoms with E-state index in [0.29, 0.717) is 18.0 Å². The first-order chi connectivity index (χ1) is 8.76. The predicted octanol–water partition coefficient (Wildman–Crippen LogP) is 2.07. The highest BCUT2D eigenvalue weighted by molar-refractivity contribution is 7.79. The third kappa shape index (κ3) is 1.97. The van der Waals surface area contributed by atoms with Crippen molar-refractivity contribution < 1.29 is 4.79 Å². The number of benzene rings is 1. The highest BCUT2D eigenvalue weighted by Crippen LogP contribution is 2.28. The number of hydrogen-bond donors (Lipinski definition) is 2. The second kappa shape index (κ2) is 4.42. The number of hydrogen-bond acceptors (Lipinski definition) is 4. The van der Waals surface area contributed by atoms with Gasteiger partial charge >= 0.3 is 0 Å². The summed E-state index contributed by atoms with van der Waals surface area (Å²) in [5.41, 5.74) is 3.77.